The quantitative estimate of drug-likeness (QED) is 0.860. The average molecular weight is 319 g/mol. The number of benzene rings is 1. The van der Waals surface area contributed by atoms with Gasteiger partial charge in [0.1, 0.15) is 5.75 Å². The lowest BCUT2D eigenvalue weighted by Crippen LogP contribution is -2.36. The average Bonchev–Trinajstić information content (AvgIpc) is 3.01. The molecule has 118 valence electrons. The molecule has 1 aromatic carbocycles. The maximum Gasteiger partial charge on any atom is 0.319 e. The Balaban J connectivity index is 1.94. The van der Waals surface area contributed by atoms with Crippen LogP contribution in [0.5, 0.6) is 5.75 Å². The summed E-state index contributed by atoms with van der Waals surface area (Å²) in [6.45, 7) is 0.532. The normalized spacial score (nSPS) is 12.0. The van der Waals surface area contributed by atoms with Crippen molar-refractivity contribution in [2.24, 2.45) is 0 Å². The molecule has 0 fully saturated rings. The van der Waals surface area contributed by atoms with Gasteiger partial charge < -0.3 is 20.3 Å². The summed E-state index contributed by atoms with van der Waals surface area (Å²) in [5, 5.41) is 9.86. The highest BCUT2D eigenvalue weighted by Crippen LogP contribution is 2.23. The van der Waals surface area contributed by atoms with Crippen LogP contribution in [0, 0.1) is 0 Å². The molecule has 5 nitrogen and oxygen atoms in total. The zero-order valence-electron chi connectivity index (χ0n) is 13.0. The van der Waals surface area contributed by atoms with Crippen molar-refractivity contribution < 1.29 is 9.53 Å². The number of para-hydroxylation sites is 2. The lowest BCUT2D eigenvalue weighted by molar-refractivity contribution is 0.243. The SMILES string of the molecule is COc1ccccc1NC(=O)NCC(c1ccsc1)N(C)C. The van der Waals surface area contributed by atoms with Gasteiger partial charge in [0.2, 0.25) is 0 Å². The number of nitrogens with zero attached hydrogens (tertiary/aromatic N) is 1. The first kappa shape index (κ1) is 16.3. The number of likely N-dealkylation sites (N-methyl/N-ethyl adjacent to an activating group) is 1. The third-order valence-electron chi connectivity index (χ3n) is 3.36. The standard InChI is InChI=1S/C16H21N3O2S/c1-19(2)14(12-8-9-22-11-12)10-17-16(20)18-13-6-4-5-7-15(13)21-3/h4-9,11,14H,10H2,1-3H3,(H2,17,18,20). The molecule has 0 saturated carbocycles. The molecule has 2 rings (SSSR count). The zero-order chi connectivity index (χ0) is 15.9. The summed E-state index contributed by atoms with van der Waals surface area (Å²) >= 11 is 1.66. The van der Waals surface area contributed by atoms with E-state index in [-0.39, 0.29) is 12.1 Å². The first-order valence-corrected chi connectivity index (χ1v) is 7.92. The van der Waals surface area contributed by atoms with Crippen LogP contribution >= 0.6 is 11.3 Å². The number of amides is 2. The largest absolute Gasteiger partial charge is 0.495 e. The number of rotatable bonds is 6. The molecule has 2 aromatic rings. The number of hydrogen-bond acceptors (Lipinski definition) is 4. The van der Waals surface area contributed by atoms with E-state index in [9.17, 15) is 4.79 Å². The molecule has 0 aliphatic heterocycles. The Morgan fingerprint density at radius 1 is 1.32 bits per heavy atom. The number of nitrogens with one attached hydrogen (secondary N) is 2. The topological polar surface area (TPSA) is 53.6 Å². The van der Waals surface area contributed by atoms with Gasteiger partial charge in [-0.05, 0) is 48.6 Å². The Morgan fingerprint density at radius 3 is 2.73 bits per heavy atom. The van der Waals surface area contributed by atoms with Crippen LogP contribution in [-0.4, -0.2) is 38.7 Å². The number of urea groups is 1. The fourth-order valence-corrected chi connectivity index (χ4v) is 2.87. The van der Waals surface area contributed by atoms with E-state index in [4.69, 9.17) is 4.74 Å². The second-order valence-electron chi connectivity index (χ2n) is 5.07. The fraction of sp³-hybridized carbons (Fsp3) is 0.312. The molecule has 1 aromatic heterocycles. The van der Waals surface area contributed by atoms with Crippen LogP contribution in [0.3, 0.4) is 0 Å². The van der Waals surface area contributed by atoms with E-state index in [2.05, 4.69) is 27.0 Å². The van der Waals surface area contributed by atoms with Gasteiger partial charge >= 0.3 is 6.03 Å². The molecule has 0 saturated heterocycles. The molecule has 0 spiro atoms. The third kappa shape index (κ3) is 4.22. The van der Waals surface area contributed by atoms with E-state index in [1.165, 1.54) is 5.56 Å². The van der Waals surface area contributed by atoms with E-state index < -0.39 is 0 Å². The number of hydrogen-bond donors (Lipinski definition) is 2. The molecule has 6 heteroatoms. The van der Waals surface area contributed by atoms with Gasteiger partial charge in [0.15, 0.2) is 0 Å². The predicted molar refractivity (Wildman–Crippen MR) is 90.8 cm³/mol. The van der Waals surface area contributed by atoms with Crippen LogP contribution in [0.15, 0.2) is 41.1 Å². The summed E-state index contributed by atoms with van der Waals surface area (Å²) in [4.78, 5) is 14.2. The number of methoxy groups -OCH3 is 1. The van der Waals surface area contributed by atoms with Crippen molar-refractivity contribution in [3.63, 3.8) is 0 Å². The van der Waals surface area contributed by atoms with Gasteiger partial charge in [0, 0.05) is 6.54 Å². The molecular weight excluding hydrogens is 298 g/mol. The molecule has 2 amide bonds. The van der Waals surface area contributed by atoms with Gasteiger partial charge in [-0.3, -0.25) is 0 Å². The highest BCUT2D eigenvalue weighted by atomic mass is 32.1. The number of carbonyl (C=O) groups excluding carboxylic acids is 1. The van der Waals surface area contributed by atoms with Crippen molar-refractivity contribution in [1.29, 1.82) is 0 Å². The number of thiophene rings is 1. The van der Waals surface area contributed by atoms with Gasteiger partial charge in [-0.1, -0.05) is 12.1 Å². The van der Waals surface area contributed by atoms with Crippen molar-refractivity contribution in [2.75, 3.05) is 33.1 Å². The van der Waals surface area contributed by atoms with Crippen LogP contribution in [0.2, 0.25) is 0 Å². The Morgan fingerprint density at radius 2 is 2.09 bits per heavy atom. The number of carbonyl (C=O) groups is 1. The van der Waals surface area contributed by atoms with Gasteiger partial charge in [0.05, 0.1) is 18.8 Å². The second-order valence-corrected chi connectivity index (χ2v) is 5.85. The predicted octanol–water partition coefficient (Wildman–Crippen LogP) is 3.18. The van der Waals surface area contributed by atoms with E-state index in [1.54, 1.807) is 24.5 Å². The van der Waals surface area contributed by atoms with Gasteiger partial charge in [-0.15, -0.1) is 0 Å². The second kappa shape index (κ2) is 7.82. The minimum atomic E-state index is -0.244. The van der Waals surface area contributed by atoms with Gasteiger partial charge in [0.25, 0.3) is 0 Å². The van der Waals surface area contributed by atoms with Crippen LogP contribution < -0.4 is 15.4 Å². The van der Waals surface area contributed by atoms with Crippen LogP contribution in [-0.2, 0) is 0 Å². The lowest BCUT2D eigenvalue weighted by atomic mass is 10.1. The van der Waals surface area contributed by atoms with E-state index in [0.29, 0.717) is 18.0 Å². The van der Waals surface area contributed by atoms with Gasteiger partial charge in [-0.2, -0.15) is 11.3 Å². The first-order chi connectivity index (χ1) is 10.6. The van der Waals surface area contributed by atoms with Crippen molar-refractivity contribution in [3.05, 3.63) is 46.7 Å². The summed E-state index contributed by atoms with van der Waals surface area (Å²) < 4.78 is 5.22. The minimum Gasteiger partial charge on any atom is -0.495 e. The van der Waals surface area contributed by atoms with Crippen molar-refractivity contribution in [2.45, 2.75) is 6.04 Å². The molecule has 22 heavy (non-hydrogen) atoms. The maximum atomic E-state index is 12.1. The summed E-state index contributed by atoms with van der Waals surface area (Å²) in [6.07, 6.45) is 0. The summed E-state index contributed by atoms with van der Waals surface area (Å²) in [5.41, 5.74) is 1.85. The van der Waals surface area contributed by atoms with Crippen LogP contribution in [0.25, 0.3) is 0 Å². The Bertz CT molecular complexity index is 599. The molecular formula is C16H21N3O2S. The minimum absolute atomic E-state index is 0.148. The Kier molecular flexibility index (Phi) is 5.80. The highest BCUT2D eigenvalue weighted by Gasteiger charge is 2.16. The molecule has 0 aliphatic carbocycles. The van der Waals surface area contributed by atoms with E-state index in [1.807, 2.05) is 37.7 Å². The summed E-state index contributed by atoms with van der Waals surface area (Å²) in [6, 6.07) is 9.31. The monoisotopic (exact) mass is 319 g/mol. The van der Waals surface area contributed by atoms with Crippen molar-refractivity contribution >= 4 is 23.1 Å². The maximum absolute atomic E-state index is 12.1. The van der Waals surface area contributed by atoms with Crippen LogP contribution in [0.1, 0.15) is 11.6 Å². The molecule has 2 N–H and O–H groups in total. The molecule has 0 aliphatic rings. The van der Waals surface area contributed by atoms with Crippen molar-refractivity contribution in [3.8, 4) is 5.75 Å². The van der Waals surface area contributed by atoms with E-state index in [0.717, 1.165) is 0 Å². The van der Waals surface area contributed by atoms with E-state index >= 15 is 0 Å². The molecule has 1 heterocycles. The lowest BCUT2D eigenvalue weighted by Gasteiger charge is -2.24. The third-order valence-corrected chi connectivity index (χ3v) is 4.06. The summed E-state index contributed by atoms with van der Waals surface area (Å²) in [5.74, 6) is 0.639. The van der Waals surface area contributed by atoms with Crippen LogP contribution in [0.4, 0.5) is 10.5 Å². The smallest absolute Gasteiger partial charge is 0.319 e. The summed E-state index contributed by atoms with van der Waals surface area (Å²) in [7, 11) is 5.58. The highest BCUT2D eigenvalue weighted by molar-refractivity contribution is 7.07. The number of anilines is 1. The Hall–Kier alpha value is -2.05. The Labute approximate surface area is 134 Å². The molecule has 1 atom stereocenters. The zero-order valence-corrected chi connectivity index (χ0v) is 13.8. The number of ether oxygens (including phenoxy) is 1. The van der Waals surface area contributed by atoms with Gasteiger partial charge in [-0.25, -0.2) is 4.79 Å². The fourth-order valence-electron chi connectivity index (χ4n) is 2.17. The molecule has 0 radical (unpaired) electrons. The first-order valence-electron chi connectivity index (χ1n) is 6.98. The molecule has 1 unspecified atom stereocenters. The van der Waals surface area contributed by atoms with Crippen molar-refractivity contribution in [1.82, 2.24) is 10.2 Å². The molecule has 0 bridgehead atoms.